The van der Waals surface area contributed by atoms with E-state index in [1.54, 1.807) is 4.80 Å². The van der Waals surface area contributed by atoms with E-state index in [1.807, 2.05) is 14.0 Å². The molecule has 0 bridgehead atoms. The van der Waals surface area contributed by atoms with Gasteiger partial charge in [0.1, 0.15) is 0 Å². The molecule has 1 heterocycles. The Bertz CT molecular complexity index is 308. The van der Waals surface area contributed by atoms with E-state index in [0.29, 0.717) is 18.4 Å². The van der Waals surface area contributed by atoms with Crippen LogP contribution in [0.15, 0.2) is 6.20 Å². The molecule has 14 heavy (non-hydrogen) atoms. The molecule has 0 saturated carbocycles. The minimum atomic E-state index is -0.140. The van der Waals surface area contributed by atoms with Gasteiger partial charge in [-0.05, 0) is 14.0 Å². The van der Waals surface area contributed by atoms with Gasteiger partial charge in [-0.25, -0.2) is 0 Å². The van der Waals surface area contributed by atoms with Crippen LogP contribution >= 0.6 is 0 Å². The molecule has 0 aliphatic heterocycles. The summed E-state index contributed by atoms with van der Waals surface area (Å²) in [5.41, 5.74) is 0. The number of carbonyl (C=O) groups excluding carboxylic acids is 1. The number of hydrogen-bond acceptors (Lipinski definition) is 4. The predicted molar refractivity (Wildman–Crippen MR) is 52.8 cm³/mol. The normalized spacial score (nSPS) is 12.5. The Balaban J connectivity index is 2.54. The fraction of sp³-hybridized carbons (Fsp3) is 0.625. The lowest BCUT2D eigenvalue weighted by molar-refractivity contribution is -0.114. The van der Waals surface area contributed by atoms with Crippen molar-refractivity contribution in [2.24, 2.45) is 0 Å². The van der Waals surface area contributed by atoms with Crippen LogP contribution in [0, 0.1) is 0 Å². The molecular formula is C8H15N5O. The first-order valence-electron chi connectivity index (χ1n) is 4.47. The number of carbonyl (C=O) groups is 1. The lowest BCUT2D eigenvalue weighted by Crippen LogP contribution is -2.27. The van der Waals surface area contributed by atoms with Gasteiger partial charge in [0.15, 0.2) is 5.82 Å². The van der Waals surface area contributed by atoms with Crippen molar-refractivity contribution in [1.29, 1.82) is 0 Å². The molecule has 0 spiro atoms. The van der Waals surface area contributed by atoms with Crippen LogP contribution in [0.4, 0.5) is 5.82 Å². The van der Waals surface area contributed by atoms with E-state index in [4.69, 9.17) is 0 Å². The third kappa shape index (κ3) is 3.14. The van der Waals surface area contributed by atoms with Gasteiger partial charge in [0.05, 0.1) is 12.7 Å². The van der Waals surface area contributed by atoms with E-state index in [-0.39, 0.29) is 5.91 Å². The van der Waals surface area contributed by atoms with Crippen molar-refractivity contribution in [3.8, 4) is 0 Å². The number of nitrogens with zero attached hydrogens (tertiary/aromatic N) is 3. The lowest BCUT2D eigenvalue weighted by atomic mass is 10.3. The Morgan fingerprint density at radius 3 is 3.00 bits per heavy atom. The molecular weight excluding hydrogens is 182 g/mol. The summed E-state index contributed by atoms with van der Waals surface area (Å²) in [5.74, 6) is 0.347. The average molecular weight is 197 g/mol. The highest BCUT2D eigenvalue weighted by molar-refractivity contribution is 5.87. The van der Waals surface area contributed by atoms with E-state index in [9.17, 15) is 4.79 Å². The summed E-state index contributed by atoms with van der Waals surface area (Å²) in [4.78, 5) is 12.2. The van der Waals surface area contributed by atoms with Gasteiger partial charge in [-0.2, -0.15) is 9.90 Å². The van der Waals surface area contributed by atoms with Crippen molar-refractivity contribution in [2.75, 3.05) is 12.4 Å². The van der Waals surface area contributed by atoms with Crippen LogP contribution in [-0.2, 0) is 11.3 Å². The Morgan fingerprint density at radius 2 is 2.43 bits per heavy atom. The zero-order valence-electron chi connectivity index (χ0n) is 8.61. The smallest absolute Gasteiger partial charge is 0.222 e. The summed E-state index contributed by atoms with van der Waals surface area (Å²) in [6.45, 7) is 4.15. The summed E-state index contributed by atoms with van der Waals surface area (Å²) < 4.78 is 0. The molecule has 0 fully saturated rings. The maximum atomic E-state index is 10.7. The van der Waals surface area contributed by atoms with Crippen LogP contribution < -0.4 is 10.6 Å². The molecule has 1 amide bonds. The monoisotopic (exact) mass is 197 g/mol. The number of likely N-dealkylation sites (N-methyl/N-ethyl adjacent to an activating group) is 1. The molecule has 0 aliphatic carbocycles. The van der Waals surface area contributed by atoms with Crippen LogP contribution in [0.5, 0.6) is 0 Å². The summed E-state index contributed by atoms with van der Waals surface area (Å²) in [7, 11) is 1.88. The Kier molecular flexibility index (Phi) is 3.58. The van der Waals surface area contributed by atoms with Crippen LogP contribution in [0.3, 0.4) is 0 Å². The van der Waals surface area contributed by atoms with E-state index in [2.05, 4.69) is 20.8 Å². The summed E-state index contributed by atoms with van der Waals surface area (Å²) in [6, 6.07) is 0.299. The van der Waals surface area contributed by atoms with Crippen molar-refractivity contribution in [3.05, 3.63) is 6.20 Å². The molecule has 1 rings (SSSR count). The molecule has 0 radical (unpaired) electrons. The van der Waals surface area contributed by atoms with Gasteiger partial charge in [0, 0.05) is 13.0 Å². The predicted octanol–water partition coefficient (Wildman–Crippen LogP) is -0.156. The van der Waals surface area contributed by atoms with Crippen LogP contribution in [-0.4, -0.2) is 34.0 Å². The fourth-order valence-corrected chi connectivity index (χ4v) is 0.959. The van der Waals surface area contributed by atoms with Crippen molar-refractivity contribution in [2.45, 2.75) is 26.4 Å². The average Bonchev–Trinajstić information content (AvgIpc) is 2.51. The van der Waals surface area contributed by atoms with Gasteiger partial charge in [-0.3, -0.25) is 4.79 Å². The SMILES string of the molecule is CNC(C)Cn1ncc(NC(C)=O)n1. The number of aromatic nitrogens is 3. The zero-order chi connectivity index (χ0) is 10.6. The van der Waals surface area contributed by atoms with E-state index >= 15 is 0 Å². The number of hydrogen-bond donors (Lipinski definition) is 2. The first-order valence-corrected chi connectivity index (χ1v) is 4.47. The number of anilines is 1. The van der Waals surface area contributed by atoms with Crippen molar-refractivity contribution in [3.63, 3.8) is 0 Å². The summed E-state index contributed by atoms with van der Waals surface area (Å²) in [6.07, 6.45) is 1.53. The van der Waals surface area contributed by atoms with Gasteiger partial charge < -0.3 is 10.6 Å². The fourth-order valence-electron chi connectivity index (χ4n) is 0.959. The molecule has 1 aromatic heterocycles. The topological polar surface area (TPSA) is 71.8 Å². The third-order valence-electron chi connectivity index (χ3n) is 1.77. The van der Waals surface area contributed by atoms with E-state index < -0.39 is 0 Å². The van der Waals surface area contributed by atoms with Gasteiger partial charge in [0.25, 0.3) is 0 Å². The first-order chi connectivity index (χ1) is 6.61. The molecule has 0 aliphatic rings. The van der Waals surface area contributed by atoms with E-state index in [0.717, 1.165) is 0 Å². The first kappa shape index (κ1) is 10.6. The summed E-state index contributed by atoms with van der Waals surface area (Å²) in [5, 5.41) is 13.7. The van der Waals surface area contributed by atoms with Crippen LogP contribution in [0.25, 0.3) is 0 Å². The maximum absolute atomic E-state index is 10.7. The highest BCUT2D eigenvalue weighted by Gasteiger charge is 2.04. The van der Waals surface area contributed by atoms with E-state index in [1.165, 1.54) is 13.1 Å². The second-order valence-corrected chi connectivity index (χ2v) is 3.16. The molecule has 0 aromatic carbocycles. The molecule has 1 aromatic rings. The molecule has 0 saturated heterocycles. The minimum Gasteiger partial charge on any atom is -0.315 e. The molecule has 1 unspecified atom stereocenters. The van der Waals surface area contributed by atoms with Gasteiger partial charge in [-0.1, -0.05) is 0 Å². The molecule has 6 nitrogen and oxygen atoms in total. The van der Waals surface area contributed by atoms with Crippen molar-refractivity contribution in [1.82, 2.24) is 20.3 Å². The Morgan fingerprint density at radius 1 is 1.71 bits per heavy atom. The quantitative estimate of drug-likeness (QED) is 0.703. The molecule has 78 valence electrons. The van der Waals surface area contributed by atoms with Crippen LogP contribution in [0.1, 0.15) is 13.8 Å². The number of rotatable bonds is 4. The Hall–Kier alpha value is -1.43. The number of nitrogens with one attached hydrogen (secondary N) is 2. The van der Waals surface area contributed by atoms with Crippen molar-refractivity contribution >= 4 is 11.7 Å². The lowest BCUT2D eigenvalue weighted by Gasteiger charge is -2.07. The van der Waals surface area contributed by atoms with Crippen LogP contribution in [0.2, 0.25) is 0 Å². The largest absolute Gasteiger partial charge is 0.315 e. The molecule has 1 atom stereocenters. The van der Waals surface area contributed by atoms with Gasteiger partial charge in [-0.15, -0.1) is 5.10 Å². The third-order valence-corrected chi connectivity index (χ3v) is 1.77. The van der Waals surface area contributed by atoms with Gasteiger partial charge >= 0.3 is 0 Å². The Labute approximate surface area is 82.7 Å². The molecule has 6 heteroatoms. The van der Waals surface area contributed by atoms with Crippen molar-refractivity contribution < 1.29 is 4.79 Å². The highest BCUT2D eigenvalue weighted by atomic mass is 16.1. The van der Waals surface area contributed by atoms with Gasteiger partial charge in [0.2, 0.25) is 5.91 Å². The zero-order valence-corrected chi connectivity index (χ0v) is 8.61. The highest BCUT2D eigenvalue weighted by Crippen LogP contribution is 1.98. The number of amides is 1. The second kappa shape index (κ2) is 4.71. The second-order valence-electron chi connectivity index (χ2n) is 3.16. The maximum Gasteiger partial charge on any atom is 0.222 e. The molecule has 2 N–H and O–H groups in total. The minimum absolute atomic E-state index is 0.140. The summed E-state index contributed by atoms with van der Waals surface area (Å²) >= 11 is 0. The standard InChI is InChI=1S/C8H15N5O/c1-6(9-3)5-13-10-4-8(12-13)11-7(2)14/h4,6,9H,5H2,1-3H3,(H,11,12,14).